The molecule has 2 aromatic rings. The Kier molecular flexibility index (Phi) is 5.48. The lowest BCUT2D eigenvalue weighted by Gasteiger charge is -2.29. The second kappa shape index (κ2) is 7.96. The summed E-state index contributed by atoms with van der Waals surface area (Å²) in [6.45, 7) is 3.92. The summed E-state index contributed by atoms with van der Waals surface area (Å²) in [5.74, 6) is -0.276. The molecule has 0 spiro atoms. The zero-order chi connectivity index (χ0) is 17.6. The standard InChI is InChI=1S/C19H24N4O2/c1-15(19(25)22-10-6-3-7-11-22)21-18(24)17-12-20-23(14-17)13-16-8-4-2-5-9-16/h2,4-5,8-9,12,14-15H,3,6-7,10-11,13H2,1H3,(H,21,24). The SMILES string of the molecule is CC(NC(=O)c1cnn(Cc2ccccc2)c1)C(=O)N1CCCCC1. The van der Waals surface area contributed by atoms with Crippen LogP contribution in [0.25, 0.3) is 0 Å². The van der Waals surface area contributed by atoms with Crippen LogP contribution in [0.3, 0.4) is 0 Å². The minimum Gasteiger partial charge on any atom is -0.341 e. The van der Waals surface area contributed by atoms with Crippen molar-refractivity contribution in [1.82, 2.24) is 20.0 Å². The van der Waals surface area contributed by atoms with Crippen LogP contribution in [0.1, 0.15) is 42.1 Å². The predicted molar refractivity (Wildman–Crippen MR) is 95.1 cm³/mol. The van der Waals surface area contributed by atoms with Crippen LogP contribution in [0, 0.1) is 0 Å². The third-order valence-electron chi connectivity index (χ3n) is 4.47. The quantitative estimate of drug-likeness (QED) is 0.906. The topological polar surface area (TPSA) is 67.2 Å². The lowest BCUT2D eigenvalue weighted by Crippen LogP contribution is -2.48. The molecule has 132 valence electrons. The molecule has 1 aliphatic heterocycles. The Hall–Kier alpha value is -2.63. The molecule has 0 saturated carbocycles. The first-order valence-corrected chi connectivity index (χ1v) is 8.79. The highest BCUT2D eigenvalue weighted by Gasteiger charge is 2.24. The van der Waals surface area contributed by atoms with E-state index < -0.39 is 6.04 Å². The van der Waals surface area contributed by atoms with Gasteiger partial charge in [0.05, 0.1) is 18.3 Å². The molecule has 1 atom stereocenters. The fourth-order valence-electron chi connectivity index (χ4n) is 3.07. The van der Waals surface area contributed by atoms with E-state index in [1.807, 2.05) is 35.2 Å². The van der Waals surface area contributed by atoms with Gasteiger partial charge >= 0.3 is 0 Å². The Labute approximate surface area is 147 Å². The number of benzene rings is 1. The highest BCUT2D eigenvalue weighted by Crippen LogP contribution is 2.10. The van der Waals surface area contributed by atoms with Crippen molar-refractivity contribution in [3.63, 3.8) is 0 Å². The van der Waals surface area contributed by atoms with Gasteiger partial charge in [-0.05, 0) is 31.7 Å². The number of nitrogens with one attached hydrogen (secondary N) is 1. The maximum atomic E-state index is 12.4. The smallest absolute Gasteiger partial charge is 0.255 e. The Morgan fingerprint density at radius 1 is 1.16 bits per heavy atom. The van der Waals surface area contributed by atoms with Crippen LogP contribution < -0.4 is 5.32 Å². The molecule has 1 unspecified atom stereocenters. The molecular formula is C19H24N4O2. The minimum atomic E-state index is -0.525. The zero-order valence-electron chi connectivity index (χ0n) is 14.5. The summed E-state index contributed by atoms with van der Waals surface area (Å²) in [6, 6.07) is 9.41. The highest BCUT2D eigenvalue weighted by atomic mass is 16.2. The Bertz CT molecular complexity index is 720. The van der Waals surface area contributed by atoms with E-state index in [-0.39, 0.29) is 11.8 Å². The van der Waals surface area contributed by atoms with Crippen LogP contribution >= 0.6 is 0 Å². The van der Waals surface area contributed by atoms with E-state index >= 15 is 0 Å². The van der Waals surface area contributed by atoms with Crippen molar-refractivity contribution in [1.29, 1.82) is 0 Å². The molecule has 1 aliphatic rings. The van der Waals surface area contributed by atoms with Gasteiger partial charge in [-0.25, -0.2) is 0 Å². The van der Waals surface area contributed by atoms with Crippen LogP contribution in [0.4, 0.5) is 0 Å². The van der Waals surface area contributed by atoms with Crippen molar-refractivity contribution in [3.05, 3.63) is 53.9 Å². The van der Waals surface area contributed by atoms with Crippen LogP contribution in [0.15, 0.2) is 42.7 Å². The summed E-state index contributed by atoms with van der Waals surface area (Å²) < 4.78 is 1.72. The fraction of sp³-hybridized carbons (Fsp3) is 0.421. The number of rotatable bonds is 5. The molecule has 1 aromatic carbocycles. The molecule has 0 radical (unpaired) electrons. The molecule has 0 bridgehead atoms. The molecule has 1 N–H and O–H groups in total. The van der Waals surface area contributed by atoms with Crippen molar-refractivity contribution in [3.8, 4) is 0 Å². The average molecular weight is 340 g/mol. The molecule has 1 fully saturated rings. The first kappa shape index (κ1) is 17.2. The molecule has 1 saturated heterocycles. The number of carbonyl (C=O) groups is 2. The van der Waals surface area contributed by atoms with Gasteiger partial charge < -0.3 is 10.2 Å². The number of nitrogens with zero attached hydrogens (tertiary/aromatic N) is 3. The van der Waals surface area contributed by atoms with Crippen molar-refractivity contribution in [2.75, 3.05) is 13.1 Å². The van der Waals surface area contributed by atoms with Gasteiger partial charge in [-0.1, -0.05) is 30.3 Å². The normalized spacial score (nSPS) is 15.6. The summed E-state index contributed by atoms with van der Waals surface area (Å²) in [5.41, 5.74) is 1.58. The van der Waals surface area contributed by atoms with Gasteiger partial charge in [0.25, 0.3) is 5.91 Å². The lowest BCUT2D eigenvalue weighted by molar-refractivity contribution is -0.133. The largest absolute Gasteiger partial charge is 0.341 e. The monoisotopic (exact) mass is 340 g/mol. The lowest BCUT2D eigenvalue weighted by atomic mass is 10.1. The van der Waals surface area contributed by atoms with E-state index in [1.54, 1.807) is 17.8 Å². The maximum absolute atomic E-state index is 12.4. The zero-order valence-corrected chi connectivity index (χ0v) is 14.5. The third kappa shape index (κ3) is 4.47. The van der Waals surface area contributed by atoms with Crippen molar-refractivity contribution >= 4 is 11.8 Å². The van der Waals surface area contributed by atoms with Crippen molar-refractivity contribution in [2.24, 2.45) is 0 Å². The Balaban J connectivity index is 1.56. The fourth-order valence-corrected chi connectivity index (χ4v) is 3.07. The number of hydrogen-bond acceptors (Lipinski definition) is 3. The average Bonchev–Trinajstić information content (AvgIpc) is 3.11. The second-order valence-corrected chi connectivity index (χ2v) is 6.49. The molecule has 6 heteroatoms. The minimum absolute atomic E-state index is 0.00951. The van der Waals surface area contributed by atoms with Crippen LogP contribution in [-0.2, 0) is 11.3 Å². The van der Waals surface area contributed by atoms with Crippen LogP contribution in [0.2, 0.25) is 0 Å². The molecule has 3 rings (SSSR count). The molecule has 6 nitrogen and oxygen atoms in total. The van der Waals surface area contributed by atoms with Gasteiger partial charge in [-0.2, -0.15) is 5.10 Å². The summed E-state index contributed by atoms with van der Waals surface area (Å²) in [7, 11) is 0. The molecule has 1 aromatic heterocycles. The first-order chi connectivity index (χ1) is 12.1. The molecule has 2 heterocycles. The number of likely N-dealkylation sites (tertiary alicyclic amines) is 1. The van der Waals surface area contributed by atoms with E-state index in [4.69, 9.17) is 0 Å². The molecule has 25 heavy (non-hydrogen) atoms. The van der Waals surface area contributed by atoms with Gasteiger partial charge in [-0.15, -0.1) is 0 Å². The van der Waals surface area contributed by atoms with Gasteiger partial charge in [0, 0.05) is 19.3 Å². The van der Waals surface area contributed by atoms with Crippen molar-refractivity contribution in [2.45, 2.75) is 38.8 Å². The summed E-state index contributed by atoms with van der Waals surface area (Å²) >= 11 is 0. The van der Waals surface area contributed by atoms with Gasteiger partial charge in [-0.3, -0.25) is 14.3 Å². The molecule has 0 aliphatic carbocycles. The highest BCUT2D eigenvalue weighted by molar-refractivity contribution is 5.97. The summed E-state index contributed by atoms with van der Waals surface area (Å²) in [4.78, 5) is 26.6. The Morgan fingerprint density at radius 2 is 1.88 bits per heavy atom. The summed E-state index contributed by atoms with van der Waals surface area (Å²) in [5, 5.41) is 7.02. The summed E-state index contributed by atoms with van der Waals surface area (Å²) in [6.07, 6.45) is 6.50. The number of hydrogen-bond donors (Lipinski definition) is 1. The number of piperidine rings is 1. The number of amides is 2. The van der Waals surface area contributed by atoms with Gasteiger partial charge in [0.15, 0.2) is 0 Å². The third-order valence-corrected chi connectivity index (χ3v) is 4.47. The second-order valence-electron chi connectivity index (χ2n) is 6.49. The van der Waals surface area contributed by atoms with E-state index in [1.165, 1.54) is 12.6 Å². The van der Waals surface area contributed by atoms with E-state index in [9.17, 15) is 9.59 Å². The number of aromatic nitrogens is 2. The number of carbonyl (C=O) groups excluding carboxylic acids is 2. The van der Waals surface area contributed by atoms with E-state index in [2.05, 4.69) is 10.4 Å². The predicted octanol–water partition coefficient (Wildman–Crippen LogP) is 2.06. The van der Waals surface area contributed by atoms with Crippen LogP contribution in [-0.4, -0.2) is 45.6 Å². The van der Waals surface area contributed by atoms with Gasteiger partial charge in [0.2, 0.25) is 5.91 Å². The van der Waals surface area contributed by atoms with Crippen molar-refractivity contribution < 1.29 is 9.59 Å². The van der Waals surface area contributed by atoms with Crippen LogP contribution in [0.5, 0.6) is 0 Å². The Morgan fingerprint density at radius 3 is 2.60 bits per heavy atom. The van der Waals surface area contributed by atoms with Gasteiger partial charge in [0.1, 0.15) is 6.04 Å². The van der Waals surface area contributed by atoms with E-state index in [0.29, 0.717) is 12.1 Å². The molecule has 2 amide bonds. The molecular weight excluding hydrogens is 316 g/mol. The van der Waals surface area contributed by atoms with E-state index in [0.717, 1.165) is 31.5 Å². The maximum Gasteiger partial charge on any atom is 0.255 e. The first-order valence-electron chi connectivity index (χ1n) is 8.79.